The van der Waals surface area contributed by atoms with Crippen molar-refractivity contribution < 1.29 is 8.78 Å². The van der Waals surface area contributed by atoms with E-state index < -0.39 is 17.7 Å². The van der Waals surface area contributed by atoms with E-state index in [1.54, 1.807) is 6.08 Å². The summed E-state index contributed by atoms with van der Waals surface area (Å²) in [4.78, 5) is 0. The lowest BCUT2D eigenvalue weighted by molar-refractivity contribution is 0.550. The zero-order chi connectivity index (χ0) is 11.4. The minimum atomic E-state index is -0.651. The van der Waals surface area contributed by atoms with Gasteiger partial charge in [0.2, 0.25) is 0 Å². The summed E-state index contributed by atoms with van der Waals surface area (Å²) in [6, 6.07) is 1.46. The van der Waals surface area contributed by atoms with Gasteiger partial charge in [-0.25, -0.2) is 8.78 Å². The van der Waals surface area contributed by atoms with Gasteiger partial charge in [0, 0.05) is 11.6 Å². The summed E-state index contributed by atoms with van der Waals surface area (Å²) in [5.41, 5.74) is 5.85. The van der Waals surface area contributed by atoms with Crippen molar-refractivity contribution in [1.82, 2.24) is 0 Å². The van der Waals surface area contributed by atoms with Gasteiger partial charge in [0.05, 0.1) is 5.02 Å². The highest BCUT2D eigenvalue weighted by atomic mass is 35.5. The van der Waals surface area contributed by atoms with Crippen LogP contribution in [0.2, 0.25) is 5.02 Å². The predicted molar refractivity (Wildman–Crippen MR) is 57.7 cm³/mol. The first-order chi connectivity index (χ1) is 7.06. The smallest absolute Gasteiger partial charge is 0.142 e. The maximum absolute atomic E-state index is 13.4. The molecule has 0 heterocycles. The third-order valence-electron chi connectivity index (χ3n) is 2.12. The third kappa shape index (κ3) is 3.01. The van der Waals surface area contributed by atoms with Crippen LogP contribution in [0, 0.1) is 11.6 Å². The van der Waals surface area contributed by atoms with E-state index >= 15 is 0 Å². The summed E-state index contributed by atoms with van der Waals surface area (Å²) >= 11 is 5.42. The van der Waals surface area contributed by atoms with Crippen molar-refractivity contribution in [1.29, 1.82) is 0 Å². The lowest BCUT2D eigenvalue weighted by Crippen LogP contribution is -2.12. The highest BCUT2D eigenvalue weighted by Gasteiger charge is 2.14. The van der Waals surface area contributed by atoms with Crippen LogP contribution in [0.1, 0.15) is 24.4 Å². The van der Waals surface area contributed by atoms with E-state index in [1.807, 2.05) is 0 Å². The van der Waals surface area contributed by atoms with Gasteiger partial charge < -0.3 is 5.73 Å². The second kappa shape index (κ2) is 5.24. The minimum Gasteiger partial charge on any atom is -0.324 e. The van der Waals surface area contributed by atoms with Crippen molar-refractivity contribution in [3.63, 3.8) is 0 Å². The molecule has 0 aliphatic rings. The van der Waals surface area contributed by atoms with Crippen molar-refractivity contribution >= 4 is 11.6 Å². The van der Waals surface area contributed by atoms with Crippen LogP contribution in [0.15, 0.2) is 24.8 Å². The molecule has 0 amide bonds. The van der Waals surface area contributed by atoms with Gasteiger partial charge in [0.25, 0.3) is 0 Å². The van der Waals surface area contributed by atoms with Gasteiger partial charge in [-0.3, -0.25) is 0 Å². The molecule has 4 heteroatoms. The van der Waals surface area contributed by atoms with Gasteiger partial charge >= 0.3 is 0 Å². The normalized spacial score (nSPS) is 12.5. The molecule has 0 radical (unpaired) electrons. The fraction of sp³-hybridized carbons (Fsp3) is 0.273. The van der Waals surface area contributed by atoms with Crippen LogP contribution in [0.5, 0.6) is 0 Å². The van der Waals surface area contributed by atoms with E-state index in [2.05, 4.69) is 6.58 Å². The fourth-order valence-corrected chi connectivity index (χ4v) is 1.43. The summed E-state index contributed by atoms with van der Waals surface area (Å²) in [5, 5.41) is -0.229. The number of hydrogen-bond donors (Lipinski definition) is 1. The Morgan fingerprint density at radius 1 is 1.40 bits per heavy atom. The first kappa shape index (κ1) is 12.1. The maximum Gasteiger partial charge on any atom is 0.142 e. The Labute approximate surface area is 92.5 Å². The number of allylic oxidation sites excluding steroid dienone is 1. The zero-order valence-electron chi connectivity index (χ0n) is 8.14. The van der Waals surface area contributed by atoms with Gasteiger partial charge in [-0.05, 0) is 25.0 Å². The fourth-order valence-electron chi connectivity index (χ4n) is 1.28. The highest BCUT2D eigenvalue weighted by Crippen LogP contribution is 2.25. The van der Waals surface area contributed by atoms with Crippen LogP contribution in [-0.4, -0.2) is 0 Å². The first-order valence-corrected chi connectivity index (χ1v) is 4.95. The average Bonchev–Trinajstić information content (AvgIpc) is 2.20. The largest absolute Gasteiger partial charge is 0.324 e. The first-order valence-electron chi connectivity index (χ1n) is 4.57. The van der Waals surface area contributed by atoms with E-state index in [-0.39, 0.29) is 10.6 Å². The lowest BCUT2D eigenvalue weighted by Gasteiger charge is -2.12. The number of halogens is 3. The molecule has 1 nitrogen and oxygen atoms in total. The Morgan fingerprint density at radius 2 is 2.07 bits per heavy atom. The van der Waals surface area contributed by atoms with Gasteiger partial charge in [0.1, 0.15) is 11.6 Å². The second-order valence-electron chi connectivity index (χ2n) is 3.26. The van der Waals surface area contributed by atoms with Gasteiger partial charge in [-0.15, -0.1) is 6.58 Å². The lowest BCUT2D eigenvalue weighted by atomic mass is 10.0. The molecule has 1 unspecified atom stereocenters. The van der Waals surface area contributed by atoms with Gasteiger partial charge in [0.15, 0.2) is 0 Å². The molecule has 0 saturated heterocycles. The van der Waals surface area contributed by atoms with E-state index in [9.17, 15) is 8.78 Å². The molecule has 0 bridgehead atoms. The van der Waals surface area contributed by atoms with Crippen LogP contribution in [-0.2, 0) is 0 Å². The van der Waals surface area contributed by atoms with Crippen molar-refractivity contribution in [3.05, 3.63) is 47.0 Å². The number of hydrogen-bond acceptors (Lipinski definition) is 1. The van der Waals surface area contributed by atoms with Crippen molar-refractivity contribution in [2.45, 2.75) is 18.9 Å². The molecule has 0 saturated carbocycles. The van der Waals surface area contributed by atoms with Crippen molar-refractivity contribution in [2.24, 2.45) is 5.73 Å². The van der Waals surface area contributed by atoms with Gasteiger partial charge in [-0.2, -0.15) is 0 Å². The molecular weight excluding hydrogens is 220 g/mol. The third-order valence-corrected chi connectivity index (χ3v) is 2.41. The minimum absolute atomic E-state index is 0.152. The molecule has 82 valence electrons. The standard InChI is InChI=1S/C11H12ClF2N/c1-2-3-4-11(15)7-5-10(14)8(12)6-9(7)13/h2,5-6,11H,1,3-4,15H2. The summed E-state index contributed by atoms with van der Waals surface area (Å²) < 4.78 is 26.4. The van der Waals surface area contributed by atoms with E-state index in [4.69, 9.17) is 17.3 Å². The average molecular weight is 232 g/mol. The Balaban J connectivity index is 2.93. The number of nitrogens with two attached hydrogens (primary N) is 1. The second-order valence-corrected chi connectivity index (χ2v) is 3.67. The van der Waals surface area contributed by atoms with Crippen molar-refractivity contribution in [3.8, 4) is 0 Å². The van der Waals surface area contributed by atoms with Crippen LogP contribution in [0.3, 0.4) is 0 Å². The van der Waals surface area contributed by atoms with E-state index in [0.717, 1.165) is 12.1 Å². The SMILES string of the molecule is C=CCCC(N)c1cc(F)c(Cl)cc1F. The quantitative estimate of drug-likeness (QED) is 0.622. The summed E-state index contributed by atoms with van der Waals surface area (Å²) in [5.74, 6) is -1.22. The highest BCUT2D eigenvalue weighted by molar-refractivity contribution is 6.30. The summed E-state index contributed by atoms with van der Waals surface area (Å²) in [6.07, 6.45) is 2.87. The molecular formula is C11H12ClF2N. The molecule has 0 aliphatic heterocycles. The molecule has 15 heavy (non-hydrogen) atoms. The molecule has 2 N–H and O–H groups in total. The zero-order valence-corrected chi connectivity index (χ0v) is 8.90. The molecule has 0 aromatic heterocycles. The van der Waals surface area contributed by atoms with Gasteiger partial charge in [-0.1, -0.05) is 17.7 Å². The predicted octanol–water partition coefficient (Wildman–Crippen LogP) is 3.58. The van der Waals surface area contributed by atoms with Crippen LogP contribution in [0.25, 0.3) is 0 Å². The Hall–Kier alpha value is -0.930. The monoisotopic (exact) mass is 231 g/mol. The molecule has 1 aromatic rings. The molecule has 1 aromatic carbocycles. The maximum atomic E-state index is 13.4. The summed E-state index contributed by atoms with van der Waals surface area (Å²) in [6.45, 7) is 3.54. The van der Waals surface area contributed by atoms with Crippen LogP contribution < -0.4 is 5.73 Å². The van der Waals surface area contributed by atoms with Crippen LogP contribution >= 0.6 is 11.6 Å². The Kier molecular flexibility index (Phi) is 4.24. The summed E-state index contributed by atoms with van der Waals surface area (Å²) in [7, 11) is 0. The van der Waals surface area contributed by atoms with Crippen molar-refractivity contribution in [2.75, 3.05) is 0 Å². The Bertz CT molecular complexity index is 366. The molecule has 0 fully saturated rings. The molecule has 1 rings (SSSR count). The van der Waals surface area contributed by atoms with Crippen LogP contribution in [0.4, 0.5) is 8.78 Å². The number of benzene rings is 1. The Morgan fingerprint density at radius 3 is 2.67 bits per heavy atom. The van der Waals surface area contributed by atoms with E-state index in [1.165, 1.54) is 0 Å². The molecule has 1 atom stereocenters. The molecule has 0 spiro atoms. The number of rotatable bonds is 4. The van der Waals surface area contributed by atoms with E-state index in [0.29, 0.717) is 12.8 Å². The topological polar surface area (TPSA) is 26.0 Å². The molecule has 0 aliphatic carbocycles.